The van der Waals surface area contributed by atoms with E-state index >= 15 is 0 Å². The molecule has 0 saturated carbocycles. The minimum Gasteiger partial charge on any atom is -0.454 e. The second-order valence-electron chi connectivity index (χ2n) is 7.51. The topological polar surface area (TPSA) is 84.5 Å². The molecule has 2 N–H and O–H groups in total. The van der Waals surface area contributed by atoms with Crippen LogP contribution in [-0.4, -0.2) is 30.4 Å². The number of hydrogen-bond donors (Lipinski definition) is 2. The maximum Gasteiger partial charge on any atom is 0.329 e. The molecule has 7 heteroatoms. The molecule has 0 radical (unpaired) electrons. The van der Waals surface area contributed by atoms with Gasteiger partial charge in [-0.15, -0.1) is 0 Å². The van der Waals surface area contributed by atoms with Crippen LogP contribution in [0.3, 0.4) is 0 Å². The van der Waals surface area contributed by atoms with Crippen LogP contribution in [0.15, 0.2) is 48.5 Å². The van der Waals surface area contributed by atoms with Gasteiger partial charge in [-0.2, -0.15) is 0 Å². The van der Waals surface area contributed by atoms with Crippen molar-refractivity contribution >= 4 is 29.4 Å². The smallest absolute Gasteiger partial charge is 0.329 e. The fourth-order valence-electron chi connectivity index (χ4n) is 2.77. The highest BCUT2D eigenvalue weighted by Gasteiger charge is 2.27. The molecule has 0 aromatic heterocycles. The average Bonchev–Trinajstić information content (AvgIpc) is 2.70. The standard InChI is InChI=1S/C23H27ClN2O4/c1-14(2)21(26-22(28)18-7-5-15(3)6-8-18)23(29)30-13-20(27)25-16(4)17-9-11-19(24)12-10-17/h5-12,14,16,21H,13H2,1-4H3,(H,25,27)(H,26,28)/t16?,21-/m0/s1. The molecule has 2 aromatic rings. The van der Waals surface area contributed by atoms with E-state index in [9.17, 15) is 14.4 Å². The van der Waals surface area contributed by atoms with Gasteiger partial charge < -0.3 is 15.4 Å². The molecule has 2 amide bonds. The van der Waals surface area contributed by atoms with E-state index in [1.807, 2.05) is 38.1 Å². The predicted octanol–water partition coefficient (Wildman–Crippen LogP) is 3.82. The zero-order valence-electron chi connectivity index (χ0n) is 17.6. The lowest BCUT2D eigenvalue weighted by Crippen LogP contribution is -2.46. The van der Waals surface area contributed by atoms with E-state index in [1.54, 1.807) is 38.1 Å². The largest absolute Gasteiger partial charge is 0.454 e. The van der Waals surface area contributed by atoms with E-state index in [0.29, 0.717) is 10.6 Å². The molecule has 0 aliphatic rings. The Morgan fingerprint density at radius 2 is 1.53 bits per heavy atom. The molecule has 30 heavy (non-hydrogen) atoms. The minimum absolute atomic E-state index is 0.206. The summed E-state index contributed by atoms with van der Waals surface area (Å²) in [5.41, 5.74) is 2.36. The second kappa shape index (κ2) is 10.8. The fourth-order valence-corrected chi connectivity index (χ4v) is 2.90. The lowest BCUT2D eigenvalue weighted by atomic mass is 10.0. The Bertz CT molecular complexity index is 879. The van der Waals surface area contributed by atoms with Gasteiger partial charge in [0.15, 0.2) is 6.61 Å². The first-order valence-corrected chi connectivity index (χ1v) is 10.1. The normalized spacial score (nSPS) is 12.7. The zero-order chi connectivity index (χ0) is 22.3. The number of amides is 2. The van der Waals surface area contributed by atoms with Crippen molar-refractivity contribution in [2.24, 2.45) is 5.92 Å². The third-order valence-electron chi connectivity index (χ3n) is 4.61. The Hall–Kier alpha value is -2.86. The maximum absolute atomic E-state index is 12.5. The number of rotatable bonds is 8. The molecule has 0 aliphatic heterocycles. The Morgan fingerprint density at radius 1 is 0.933 bits per heavy atom. The number of aryl methyl sites for hydroxylation is 1. The van der Waals surface area contributed by atoms with Gasteiger partial charge in [0.25, 0.3) is 11.8 Å². The minimum atomic E-state index is -0.861. The highest BCUT2D eigenvalue weighted by atomic mass is 35.5. The highest BCUT2D eigenvalue weighted by Crippen LogP contribution is 2.16. The van der Waals surface area contributed by atoms with Gasteiger partial charge in [-0.3, -0.25) is 9.59 Å². The lowest BCUT2D eigenvalue weighted by molar-refractivity contribution is -0.151. The molecule has 0 saturated heterocycles. The maximum atomic E-state index is 12.5. The van der Waals surface area contributed by atoms with Crippen LogP contribution in [0.2, 0.25) is 5.02 Å². The summed E-state index contributed by atoms with van der Waals surface area (Å²) in [6.45, 7) is 6.91. The van der Waals surface area contributed by atoms with Crippen LogP contribution in [0.1, 0.15) is 48.3 Å². The van der Waals surface area contributed by atoms with Crippen molar-refractivity contribution < 1.29 is 19.1 Å². The van der Waals surface area contributed by atoms with Gasteiger partial charge in [-0.1, -0.05) is 55.3 Å². The summed E-state index contributed by atoms with van der Waals surface area (Å²) in [5.74, 6) is -1.66. The molecule has 0 heterocycles. The van der Waals surface area contributed by atoms with Gasteiger partial charge in [-0.25, -0.2) is 4.79 Å². The van der Waals surface area contributed by atoms with Crippen LogP contribution in [0.5, 0.6) is 0 Å². The third-order valence-corrected chi connectivity index (χ3v) is 4.87. The van der Waals surface area contributed by atoms with Gasteiger partial charge in [0.05, 0.1) is 6.04 Å². The van der Waals surface area contributed by atoms with Crippen molar-refractivity contribution in [1.29, 1.82) is 0 Å². The van der Waals surface area contributed by atoms with Crippen LogP contribution in [0.25, 0.3) is 0 Å². The number of nitrogens with one attached hydrogen (secondary N) is 2. The Balaban J connectivity index is 1.89. The molecule has 160 valence electrons. The van der Waals surface area contributed by atoms with Crippen molar-refractivity contribution in [3.05, 3.63) is 70.2 Å². The van der Waals surface area contributed by atoms with Gasteiger partial charge in [-0.05, 0) is 49.6 Å². The van der Waals surface area contributed by atoms with Gasteiger partial charge in [0.1, 0.15) is 6.04 Å². The average molecular weight is 431 g/mol. The molecule has 0 aliphatic carbocycles. The summed E-state index contributed by atoms with van der Waals surface area (Å²) < 4.78 is 5.15. The number of ether oxygens (including phenoxy) is 1. The van der Waals surface area contributed by atoms with Crippen LogP contribution in [0.4, 0.5) is 0 Å². The second-order valence-corrected chi connectivity index (χ2v) is 7.95. The SMILES string of the molecule is Cc1ccc(C(=O)N[C@H](C(=O)OCC(=O)NC(C)c2ccc(Cl)cc2)C(C)C)cc1. The van der Waals surface area contributed by atoms with Gasteiger partial charge >= 0.3 is 5.97 Å². The molecule has 2 aromatic carbocycles. The Labute approximate surface area is 182 Å². The number of hydrogen-bond acceptors (Lipinski definition) is 4. The molecular weight excluding hydrogens is 404 g/mol. The summed E-state index contributed by atoms with van der Waals surface area (Å²) in [5, 5.41) is 6.06. The number of benzene rings is 2. The first-order valence-electron chi connectivity index (χ1n) is 9.76. The van der Waals surface area contributed by atoms with E-state index in [1.165, 1.54) is 0 Å². The molecule has 1 unspecified atom stereocenters. The van der Waals surface area contributed by atoms with E-state index in [2.05, 4.69) is 10.6 Å². The number of carbonyl (C=O) groups excluding carboxylic acids is 3. The summed E-state index contributed by atoms with van der Waals surface area (Å²) in [6.07, 6.45) is 0. The van der Waals surface area contributed by atoms with Crippen LogP contribution in [0, 0.1) is 12.8 Å². The summed E-state index contributed by atoms with van der Waals surface area (Å²) in [6, 6.07) is 13.0. The monoisotopic (exact) mass is 430 g/mol. The van der Waals surface area contributed by atoms with Crippen molar-refractivity contribution in [3.8, 4) is 0 Å². The molecular formula is C23H27ClN2O4. The Kier molecular flexibility index (Phi) is 8.42. The molecule has 0 spiro atoms. The number of halogens is 1. The van der Waals surface area contributed by atoms with Crippen molar-refractivity contribution in [1.82, 2.24) is 10.6 Å². The van der Waals surface area contributed by atoms with Crippen LogP contribution < -0.4 is 10.6 Å². The summed E-state index contributed by atoms with van der Waals surface area (Å²) >= 11 is 5.87. The number of carbonyl (C=O) groups is 3. The van der Waals surface area contributed by atoms with E-state index in [-0.39, 0.29) is 17.9 Å². The molecule has 2 rings (SSSR count). The van der Waals surface area contributed by atoms with Crippen LogP contribution in [-0.2, 0) is 14.3 Å². The number of esters is 1. The quantitative estimate of drug-likeness (QED) is 0.623. The van der Waals surface area contributed by atoms with E-state index < -0.39 is 24.5 Å². The predicted molar refractivity (Wildman–Crippen MR) is 116 cm³/mol. The van der Waals surface area contributed by atoms with Gasteiger partial charge in [0.2, 0.25) is 0 Å². The molecule has 2 atom stereocenters. The zero-order valence-corrected chi connectivity index (χ0v) is 18.3. The van der Waals surface area contributed by atoms with E-state index in [0.717, 1.165) is 11.1 Å². The lowest BCUT2D eigenvalue weighted by Gasteiger charge is -2.21. The molecule has 0 fully saturated rings. The highest BCUT2D eigenvalue weighted by molar-refractivity contribution is 6.30. The molecule has 6 nitrogen and oxygen atoms in total. The third kappa shape index (κ3) is 6.88. The summed E-state index contributed by atoms with van der Waals surface area (Å²) in [4.78, 5) is 37.1. The van der Waals surface area contributed by atoms with Crippen molar-refractivity contribution in [3.63, 3.8) is 0 Å². The van der Waals surface area contributed by atoms with Crippen molar-refractivity contribution in [2.75, 3.05) is 6.61 Å². The Morgan fingerprint density at radius 3 is 2.10 bits per heavy atom. The van der Waals surface area contributed by atoms with Crippen molar-refractivity contribution in [2.45, 2.75) is 39.8 Å². The summed E-state index contributed by atoms with van der Waals surface area (Å²) in [7, 11) is 0. The van der Waals surface area contributed by atoms with E-state index in [4.69, 9.17) is 16.3 Å². The first-order chi connectivity index (χ1) is 14.2. The first kappa shape index (κ1) is 23.4. The fraction of sp³-hybridized carbons (Fsp3) is 0.348. The molecule has 0 bridgehead atoms. The van der Waals surface area contributed by atoms with Crippen LogP contribution >= 0.6 is 11.6 Å². The van der Waals surface area contributed by atoms with Gasteiger partial charge in [0, 0.05) is 10.6 Å².